The molecule has 1 aromatic carbocycles. The molecule has 1 aromatic rings. The third kappa shape index (κ3) is 5.24. The Bertz CT molecular complexity index is 594. The molecule has 0 aromatic heterocycles. The lowest BCUT2D eigenvalue weighted by Crippen LogP contribution is -2.35. The number of benzene rings is 1. The summed E-state index contributed by atoms with van der Waals surface area (Å²) in [4.78, 5) is 5.15. The van der Waals surface area contributed by atoms with Gasteiger partial charge in [0.1, 0.15) is 5.75 Å². The molecule has 4 heteroatoms. The maximum absolute atomic E-state index is 9.81. The maximum atomic E-state index is 9.81. The molecule has 1 aliphatic carbocycles. The van der Waals surface area contributed by atoms with Crippen molar-refractivity contribution in [1.29, 1.82) is 0 Å². The molecular formula is C23H36N2O2. The number of piperidine rings is 1. The van der Waals surface area contributed by atoms with E-state index in [0.717, 1.165) is 63.7 Å². The van der Waals surface area contributed by atoms with Crippen molar-refractivity contribution in [2.75, 3.05) is 39.3 Å². The number of likely N-dealkylation sites (tertiary alicyclic amines) is 2. The molecule has 2 unspecified atom stereocenters. The first-order chi connectivity index (χ1) is 13.2. The predicted molar refractivity (Wildman–Crippen MR) is 109 cm³/mol. The summed E-state index contributed by atoms with van der Waals surface area (Å²) in [5.74, 6) is 3.27. The molecule has 3 aliphatic rings. The van der Waals surface area contributed by atoms with Crippen molar-refractivity contribution in [3.63, 3.8) is 0 Å². The monoisotopic (exact) mass is 372 g/mol. The van der Waals surface area contributed by atoms with Crippen LogP contribution in [0.4, 0.5) is 0 Å². The number of nitrogens with zero attached hydrogens (tertiary/aromatic N) is 2. The number of hydrogen-bond acceptors (Lipinski definition) is 4. The van der Waals surface area contributed by atoms with E-state index in [1.54, 1.807) is 0 Å². The lowest BCUT2D eigenvalue weighted by atomic mass is 10.0. The molecule has 0 spiro atoms. The van der Waals surface area contributed by atoms with Crippen LogP contribution in [0.2, 0.25) is 0 Å². The summed E-state index contributed by atoms with van der Waals surface area (Å²) in [6.07, 6.45) is 5.79. The number of fused-ring (bicyclic) bond motifs is 1. The highest BCUT2D eigenvalue weighted by atomic mass is 16.5. The van der Waals surface area contributed by atoms with Gasteiger partial charge in [0.05, 0.1) is 12.7 Å². The number of rotatable bonds is 7. The summed E-state index contributed by atoms with van der Waals surface area (Å²) < 4.78 is 6.04. The largest absolute Gasteiger partial charge is 0.494 e. The molecule has 0 radical (unpaired) electrons. The Balaban J connectivity index is 1.19. The van der Waals surface area contributed by atoms with Gasteiger partial charge in [-0.25, -0.2) is 0 Å². The summed E-state index contributed by atoms with van der Waals surface area (Å²) in [6, 6.07) is 8.63. The van der Waals surface area contributed by atoms with Crippen LogP contribution in [0, 0.1) is 17.8 Å². The van der Waals surface area contributed by atoms with E-state index in [9.17, 15) is 5.11 Å². The average molecular weight is 373 g/mol. The standard InChI is InChI=1S/C23H36N2O2/c1-18-5-3-8-24(14-18)9-4-10-27-23-7-2-6-19(11-23)15-25-16-20-12-22(26)13-21(20)17-25/h2,6-7,11,18,20-22,26H,3-5,8-10,12-17H2,1H3/t18?,20-,21+,22?. The second-order valence-electron chi connectivity index (χ2n) is 9.24. The Morgan fingerprint density at radius 1 is 1.11 bits per heavy atom. The molecule has 3 fully saturated rings. The zero-order valence-corrected chi connectivity index (χ0v) is 16.9. The first kappa shape index (κ1) is 19.2. The molecule has 2 heterocycles. The predicted octanol–water partition coefficient (Wildman–Crippen LogP) is 3.39. The van der Waals surface area contributed by atoms with Gasteiger partial charge in [-0.05, 0) is 74.1 Å². The summed E-state index contributed by atoms with van der Waals surface area (Å²) in [5.41, 5.74) is 1.35. The zero-order valence-electron chi connectivity index (χ0n) is 16.9. The fraction of sp³-hybridized carbons (Fsp3) is 0.739. The first-order valence-electron chi connectivity index (χ1n) is 11.0. The Morgan fingerprint density at radius 3 is 2.70 bits per heavy atom. The van der Waals surface area contributed by atoms with Crippen LogP contribution in [0.3, 0.4) is 0 Å². The fourth-order valence-corrected chi connectivity index (χ4v) is 5.45. The third-order valence-corrected chi connectivity index (χ3v) is 6.73. The molecule has 1 saturated carbocycles. The van der Waals surface area contributed by atoms with Crippen molar-refractivity contribution in [2.24, 2.45) is 17.8 Å². The van der Waals surface area contributed by atoms with Crippen molar-refractivity contribution < 1.29 is 9.84 Å². The van der Waals surface area contributed by atoms with Crippen molar-refractivity contribution in [3.8, 4) is 5.75 Å². The van der Waals surface area contributed by atoms with Crippen LogP contribution in [-0.2, 0) is 6.54 Å². The van der Waals surface area contributed by atoms with E-state index >= 15 is 0 Å². The van der Waals surface area contributed by atoms with E-state index < -0.39 is 0 Å². The lowest BCUT2D eigenvalue weighted by Gasteiger charge is -2.30. The van der Waals surface area contributed by atoms with Crippen LogP contribution in [0.15, 0.2) is 24.3 Å². The highest BCUT2D eigenvalue weighted by Crippen LogP contribution is 2.38. The van der Waals surface area contributed by atoms with Gasteiger partial charge >= 0.3 is 0 Å². The molecular weight excluding hydrogens is 336 g/mol. The van der Waals surface area contributed by atoms with E-state index in [2.05, 4.69) is 41.0 Å². The van der Waals surface area contributed by atoms with Gasteiger partial charge in [-0.3, -0.25) is 4.90 Å². The van der Waals surface area contributed by atoms with Gasteiger partial charge in [0.2, 0.25) is 0 Å². The molecule has 4 nitrogen and oxygen atoms in total. The van der Waals surface area contributed by atoms with E-state index in [0.29, 0.717) is 11.8 Å². The molecule has 27 heavy (non-hydrogen) atoms. The maximum Gasteiger partial charge on any atom is 0.119 e. The molecule has 1 N–H and O–H groups in total. The van der Waals surface area contributed by atoms with Crippen LogP contribution in [-0.4, -0.2) is 60.3 Å². The number of aliphatic hydroxyl groups excluding tert-OH is 1. The van der Waals surface area contributed by atoms with Crippen LogP contribution in [0.25, 0.3) is 0 Å². The number of ether oxygens (including phenoxy) is 1. The van der Waals surface area contributed by atoms with Gasteiger partial charge in [-0.1, -0.05) is 19.1 Å². The summed E-state index contributed by atoms with van der Waals surface area (Å²) in [6.45, 7) is 10.1. The van der Waals surface area contributed by atoms with E-state index in [1.165, 1.54) is 31.5 Å². The second kappa shape index (κ2) is 8.93. The topological polar surface area (TPSA) is 35.9 Å². The summed E-state index contributed by atoms with van der Waals surface area (Å²) in [7, 11) is 0. The van der Waals surface area contributed by atoms with Crippen molar-refractivity contribution in [1.82, 2.24) is 9.80 Å². The quantitative estimate of drug-likeness (QED) is 0.744. The normalized spacial score (nSPS) is 31.9. The van der Waals surface area contributed by atoms with E-state index in [1.807, 2.05) is 0 Å². The highest BCUT2D eigenvalue weighted by Gasteiger charge is 2.39. The van der Waals surface area contributed by atoms with Crippen molar-refractivity contribution >= 4 is 0 Å². The molecule has 4 atom stereocenters. The first-order valence-corrected chi connectivity index (χ1v) is 11.0. The van der Waals surface area contributed by atoms with Crippen LogP contribution in [0.5, 0.6) is 5.75 Å². The molecule has 2 saturated heterocycles. The van der Waals surface area contributed by atoms with Crippen LogP contribution >= 0.6 is 0 Å². The van der Waals surface area contributed by atoms with Gasteiger partial charge in [0, 0.05) is 32.7 Å². The zero-order chi connectivity index (χ0) is 18.6. The SMILES string of the molecule is CC1CCCN(CCCOc2cccc(CN3C[C@H]4CC(O)C[C@H]4C3)c2)C1. The Morgan fingerprint density at radius 2 is 1.93 bits per heavy atom. The lowest BCUT2D eigenvalue weighted by molar-refractivity contribution is 0.161. The number of hydrogen-bond donors (Lipinski definition) is 1. The average Bonchev–Trinajstić information content (AvgIpc) is 3.16. The highest BCUT2D eigenvalue weighted by molar-refractivity contribution is 5.28. The fourth-order valence-electron chi connectivity index (χ4n) is 5.45. The minimum Gasteiger partial charge on any atom is -0.494 e. The van der Waals surface area contributed by atoms with E-state index in [4.69, 9.17) is 4.74 Å². The van der Waals surface area contributed by atoms with E-state index in [-0.39, 0.29) is 6.10 Å². The minimum atomic E-state index is -0.0490. The van der Waals surface area contributed by atoms with Crippen molar-refractivity contribution in [3.05, 3.63) is 29.8 Å². The Kier molecular flexibility index (Phi) is 6.36. The second-order valence-corrected chi connectivity index (χ2v) is 9.24. The minimum absolute atomic E-state index is 0.0490. The molecule has 0 bridgehead atoms. The van der Waals surface area contributed by atoms with Crippen LogP contribution < -0.4 is 4.74 Å². The molecule has 150 valence electrons. The summed E-state index contributed by atoms with van der Waals surface area (Å²) in [5, 5.41) is 9.81. The van der Waals surface area contributed by atoms with Gasteiger partial charge < -0.3 is 14.7 Å². The molecule has 0 amide bonds. The molecule has 4 rings (SSSR count). The third-order valence-electron chi connectivity index (χ3n) is 6.73. The van der Waals surface area contributed by atoms with Crippen LogP contribution in [0.1, 0.15) is 44.6 Å². The van der Waals surface area contributed by atoms with Gasteiger partial charge in [0.15, 0.2) is 0 Å². The Hall–Kier alpha value is -1.10. The van der Waals surface area contributed by atoms with Gasteiger partial charge in [0.25, 0.3) is 0 Å². The smallest absolute Gasteiger partial charge is 0.119 e. The van der Waals surface area contributed by atoms with Crippen molar-refractivity contribution in [2.45, 2.75) is 51.7 Å². The molecule has 2 aliphatic heterocycles. The Labute approximate surface area is 164 Å². The van der Waals surface area contributed by atoms with Gasteiger partial charge in [-0.15, -0.1) is 0 Å². The number of aliphatic hydroxyl groups is 1. The summed E-state index contributed by atoms with van der Waals surface area (Å²) >= 11 is 0. The van der Waals surface area contributed by atoms with Gasteiger partial charge in [-0.2, -0.15) is 0 Å².